The van der Waals surface area contributed by atoms with Crippen LogP contribution in [0.5, 0.6) is 11.5 Å². The molecule has 0 saturated heterocycles. The molecule has 0 aliphatic heterocycles. The Morgan fingerprint density at radius 3 is 2.07 bits per heavy atom. The second-order valence-corrected chi connectivity index (χ2v) is 7.79. The fourth-order valence-corrected chi connectivity index (χ4v) is 3.29. The quantitative estimate of drug-likeness (QED) is 0.201. The zero-order chi connectivity index (χ0) is 20.9. The number of ether oxygens (including phenoxy) is 2. The highest BCUT2D eigenvalue weighted by Crippen LogP contribution is 2.19. The van der Waals surface area contributed by atoms with E-state index in [1.807, 2.05) is 36.4 Å². The smallest absolute Gasteiger partial charge is 0.343 e. The highest BCUT2D eigenvalue weighted by molar-refractivity contribution is 5.91. The number of hydrogen-bond donors (Lipinski definition) is 0. The molecule has 158 valence electrons. The van der Waals surface area contributed by atoms with Crippen LogP contribution in [0.3, 0.4) is 0 Å². The van der Waals surface area contributed by atoms with Crippen molar-refractivity contribution in [3.05, 3.63) is 59.7 Å². The van der Waals surface area contributed by atoms with Crippen molar-refractivity contribution in [2.24, 2.45) is 0 Å². The van der Waals surface area contributed by atoms with Crippen LogP contribution in [0.15, 0.2) is 48.5 Å². The molecule has 0 aromatic heterocycles. The van der Waals surface area contributed by atoms with Crippen LogP contribution in [0.1, 0.15) is 88.1 Å². The average molecular weight is 397 g/mol. The zero-order valence-corrected chi connectivity index (χ0v) is 18.3. The summed E-state index contributed by atoms with van der Waals surface area (Å²) < 4.78 is 11.4. The molecule has 0 amide bonds. The van der Waals surface area contributed by atoms with Gasteiger partial charge in [0.05, 0.1) is 11.7 Å². The lowest BCUT2D eigenvalue weighted by molar-refractivity contribution is 0.0734. The van der Waals surface area contributed by atoms with Gasteiger partial charge in [0.2, 0.25) is 0 Å². The molecule has 2 aromatic rings. The van der Waals surface area contributed by atoms with Gasteiger partial charge in [-0.3, -0.25) is 0 Å². The van der Waals surface area contributed by atoms with E-state index >= 15 is 0 Å². The molecule has 0 N–H and O–H groups in total. The van der Waals surface area contributed by atoms with Crippen LogP contribution in [-0.2, 0) is 6.42 Å². The molecule has 1 unspecified atom stereocenters. The second-order valence-electron chi connectivity index (χ2n) is 7.79. The Labute approximate surface area is 176 Å². The normalized spacial score (nSPS) is 11.8. The number of rotatable bonds is 13. The average Bonchev–Trinajstić information content (AvgIpc) is 2.73. The summed E-state index contributed by atoms with van der Waals surface area (Å²) in [4.78, 5) is 12.4. The van der Waals surface area contributed by atoms with Crippen molar-refractivity contribution in [1.82, 2.24) is 0 Å². The molecule has 0 bridgehead atoms. The minimum Gasteiger partial charge on any atom is -0.491 e. The summed E-state index contributed by atoms with van der Waals surface area (Å²) >= 11 is 0. The summed E-state index contributed by atoms with van der Waals surface area (Å²) in [5.74, 6) is 1.03. The molecule has 2 rings (SSSR count). The van der Waals surface area contributed by atoms with E-state index in [-0.39, 0.29) is 12.1 Å². The van der Waals surface area contributed by atoms with Gasteiger partial charge in [0.15, 0.2) is 0 Å². The van der Waals surface area contributed by atoms with Crippen molar-refractivity contribution in [3.8, 4) is 11.5 Å². The van der Waals surface area contributed by atoms with Gasteiger partial charge in [-0.1, -0.05) is 58.1 Å². The van der Waals surface area contributed by atoms with E-state index in [9.17, 15) is 4.79 Å². The number of carbonyl (C=O) groups excluding carboxylic acids is 1. The van der Waals surface area contributed by atoms with Crippen LogP contribution in [0, 0.1) is 0 Å². The maximum atomic E-state index is 12.4. The van der Waals surface area contributed by atoms with E-state index in [4.69, 9.17) is 9.47 Å². The summed E-state index contributed by atoms with van der Waals surface area (Å²) in [7, 11) is 0. The first-order valence-corrected chi connectivity index (χ1v) is 11.2. The Bertz CT molecular complexity index is 704. The SMILES string of the molecule is CCCCCCC(C)Oc1ccc(C(=O)Oc2ccc(CCCCC)cc2)cc1. The Morgan fingerprint density at radius 2 is 1.41 bits per heavy atom. The Hall–Kier alpha value is -2.29. The van der Waals surface area contributed by atoms with E-state index in [2.05, 4.69) is 20.8 Å². The molecule has 2 aromatic carbocycles. The van der Waals surface area contributed by atoms with E-state index in [0.717, 1.165) is 18.6 Å². The van der Waals surface area contributed by atoms with Gasteiger partial charge in [0, 0.05) is 0 Å². The molecule has 0 aliphatic carbocycles. The fourth-order valence-electron chi connectivity index (χ4n) is 3.29. The monoisotopic (exact) mass is 396 g/mol. The molecule has 0 fully saturated rings. The summed E-state index contributed by atoms with van der Waals surface area (Å²) in [6, 6.07) is 15.0. The molecule has 0 spiro atoms. The van der Waals surface area contributed by atoms with Crippen molar-refractivity contribution in [2.45, 2.75) is 84.7 Å². The summed E-state index contributed by atoms with van der Waals surface area (Å²) in [5, 5.41) is 0. The van der Waals surface area contributed by atoms with Crippen LogP contribution >= 0.6 is 0 Å². The minimum atomic E-state index is -0.345. The van der Waals surface area contributed by atoms with Gasteiger partial charge in [-0.05, 0) is 74.6 Å². The van der Waals surface area contributed by atoms with Crippen molar-refractivity contribution in [1.29, 1.82) is 0 Å². The van der Waals surface area contributed by atoms with E-state index in [1.54, 1.807) is 12.1 Å². The molecule has 29 heavy (non-hydrogen) atoms. The Morgan fingerprint density at radius 1 is 0.793 bits per heavy atom. The number of carbonyl (C=O) groups is 1. The van der Waals surface area contributed by atoms with Gasteiger partial charge in [-0.25, -0.2) is 4.79 Å². The van der Waals surface area contributed by atoms with Gasteiger partial charge in [0.1, 0.15) is 11.5 Å². The highest BCUT2D eigenvalue weighted by Gasteiger charge is 2.10. The largest absolute Gasteiger partial charge is 0.491 e. The third-order valence-electron chi connectivity index (χ3n) is 5.09. The molecule has 0 radical (unpaired) electrons. The topological polar surface area (TPSA) is 35.5 Å². The second kappa shape index (κ2) is 13.0. The lowest BCUT2D eigenvalue weighted by Gasteiger charge is -2.14. The number of aryl methyl sites for hydroxylation is 1. The van der Waals surface area contributed by atoms with Gasteiger partial charge in [-0.15, -0.1) is 0 Å². The number of benzene rings is 2. The number of unbranched alkanes of at least 4 members (excludes halogenated alkanes) is 5. The summed E-state index contributed by atoms with van der Waals surface area (Å²) in [5.41, 5.74) is 1.81. The molecule has 1 atom stereocenters. The van der Waals surface area contributed by atoms with E-state index in [0.29, 0.717) is 11.3 Å². The molecule has 3 nitrogen and oxygen atoms in total. The fraction of sp³-hybridized carbons (Fsp3) is 0.500. The standard InChI is InChI=1S/C26H36O3/c1-4-6-8-10-11-21(3)28-24-19-15-23(16-20-24)26(27)29-25-17-13-22(14-18-25)12-9-7-5-2/h13-21H,4-12H2,1-3H3. The first-order chi connectivity index (χ1) is 14.1. The van der Waals surface area contributed by atoms with Gasteiger partial charge < -0.3 is 9.47 Å². The van der Waals surface area contributed by atoms with Crippen LogP contribution in [0.4, 0.5) is 0 Å². The van der Waals surface area contributed by atoms with Gasteiger partial charge in [-0.2, -0.15) is 0 Å². The maximum Gasteiger partial charge on any atom is 0.343 e. The Balaban J connectivity index is 1.80. The van der Waals surface area contributed by atoms with Crippen LogP contribution in [-0.4, -0.2) is 12.1 Å². The van der Waals surface area contributed by atoms with Gasteiger partial charge in [0.25, 0.3) is 0 Å². The summed E-state index contributed by atoms with van der Waals surface area (Å²) in [6.45, 7) is 6.52. The third-order valence-corrected chi connectivity index (χ3v) is 5.09. The van der Waals surface area contributed by atoms with Crippen molar-refractivity contribution in [3.63, 3.8) is 0 Å². The van der Waals surface area contributed by atoms with Crippen LogP contribution in [0.2, 0.25) is 0 Å². The molecule has 3 heteroatoms. The summed E-state index contributed by atoms with van der Waals surface area (Å²) in [6.07, 6.45) is 10.9. The third kappa shape index (κ3) is 8.72. The van der Waals surface area contributed by atoms with Crippen molar-refractivity contribution < 1.29 is 14.3 Å². The molecular formula is C26H36O3. The van der Waals surface area contributed by atoms with E-state index in [1.165, 1.54) is 50.5 Å². The van der Waals surface area contributed by atoms with Crippen LogP contribution < -0.4 is 9.47 Å². The van der Waals surface area contributed by atoms with E-state index < -0.39 is 0 Å². The maximum absolute atomic E-state index is 12.4. The van der Waals surface area contributed by atoms with Gasteiger partial charge >= 0.3 is 5.97 Å². The lowest BCUT2D eigenvalue weighted by Crippen LogP contribution is -2.12. The molecular weight excluding hydrogens is 360 g/mol. The Kier molecular flexibility index (Phi) is 10.3. The predicted molar refractivity (Wildman–Crippen MR) is 120 cm³/mol. The minimum absolute atomic E-state index is 0.181. The van der Waals surface area contributed by atoms with Crippen LogP contribution in [0.25, 0.3) is 0 Å². The predicted octanol–water partition coefficient (Wildman–Crippen LogP) is 7.38. The number of esters is 1. The lowest BCUT2D eigenvalue weighted by atomic mass is 10.1. The highest BCUT2D eigenvalue weighted by atomic mass is 16.5. The first-order valence-electron chi connectivity index (χ1n) is 11.2. The molecule has 0 heterocycles. The van der Waals surface area contributed by atoms with Crippen molar-refractivity contribution in [2.75, 3.05) is 0 Å². The van der Waals surface area contributed by atoms with Crippen molar-refractivity contribution >= 4 is 5.97 Å². The number of hydrogen-bond acceptors (Lipinski definition) is 3. The zero-order valence-electron chi connectivity index (χ0n) is 18.3. The molecule has 0 aliphatic rings. The first kappa shape index (κ1) is 23.0. The molecule has 0 saturated carbocycles.